The van der Waals surface area contributed by atoms with Gasteiger partial charge in [-0.25, -0.2) is 4.98 Å². The molecule has 3 aliphatic rings. The van der Waals surface area contributed by atoms with Gasteiger partial charge >= 0.3 is 0 Å². The molecule has 0 radical (unpaired) electrons. The molecule has 3 saturated heterocycles. The first-order valence-corrected chi connectivity index (χ1v) is 9.53. The van der Waals surface area contributed by atoms with Crippen LogP contribution in [0.25, 0.3) is 0 Å². The summed E-state index contributed by atoms with van der Waals surface area (Å²) < 4.78 is 11.0. The molecule has 0 bridgehead atoms. The lowest BCUT2D eigenvalue weighted by Crippen LogP contribution is -2.61. The largest absolute Gasteiger partial charge is 0.379 e. The highest BCUT2D eigenvalue weighted by atomic mass is 35.5. The normalized spacial score (nSPS) is 27.3. The number of carbonyl (C=O) groups excluding carboxylic acids is 1. The van der Waals surface area contributed by atoms with Gasteiger partial charge in [0.25, 0.3) is 5.91 Å². The van der Waals surface area contributed by atoms with Gasteiger partial charge < -0.3 is 19.3 Å². The van der Waals surface area contributed by atoms with E-state index in [2.05, 4.69) is 21.8 Å². The van der Waals surface area contributed by atoms with Crippen LogP contribution in [0.15, 0.2) is 12.3 Å². The Bertz CT molecular complexity index is 674. The number of nitrogens with zero attached hydrogens (tertiary/aromatic N) is 4. The highest BCUT2D eigenvalue weighted by Gasteiger charge is 2.43. The van der Waals surface area contributed by atoms with Crippen LogP contribution in [-0.2, 0) is 9.47 Å². The number of hydrogen-bond acceptors (Lipinski definition) is 6. The van der Waals surface area contributed by atoms with Crippen LogP contribution >= 0.6 is 11.6 Å². The van der Waals surface area contributed by atoms with Crippen molar-refractivity contribution >= 4 is 23.3 Å². The average Bonchev–Trinajstić information content (AvgIpc) is 3.13. The van der Waals surface area contributed by atoms with Crippen LogP contribution in [0.3, 0.4) is 0 Å². The summed E-state index contributed by atoms with van der Waals surface area (Å²) in [6, 6.07) is 1.75. The molecular weight excluding hydrogens is 356 g/mol. The first kappa shape index (κ1) is 18.0. The van der Waals surface area contributed by atoms with Crippen molar-refractivity contribution in [3.05, 3.63) is 22.8 Å². The number of rotatable bonds is 2. The summed E-state index contributed by atoms with van der Waals surface area (Å²) in [5.41, 5.74) is 0.569. The Kier molecular flexibility index (Phi) is 5.05. The van der Waals surface area contributed by atoms with Crippen molar-refractivity contribution in [1.29, 1.82) is 0 Å². The Hall–Kier alpha value is -1.41. The van der Waals surface area contributed by atoms with Crippen molar-refractivity contribution in [2.24, 2.45) is 0 Å². The fourth-order valence-electron chi connectivity index (χ4n) is 4.00. The molecule has 4 rings (SSSR count). The molecule has 1 amide bonds. The number of carbonyl (C=O) groups is 1. The molecule has 1 unspecified atom stereocenters. The fourth-order valence-corrected chi connectivity index (χ4v) is 4.28. The number of halogens is 1. The average molecular weight is 381 g/mol. The number of piperazine rings is 1. The number of pyridine rings is 1. The van der Waals surface area contributed by atoms with Crippen LogP contribution in [0.5, 0.6) is 0 Å². The van der Waals surface area contributed by atoms with Gasteiger partial charge in [0, 0.05) is 45.5 Å². The molecule has 142 valence electrons. The highest BCUT2D eigenvalue weighted by molar-refractivity contribution is 6.33. The molecule has 0 aliphatic carbocycles. The lowest BCUT2D eigenvalue weighted by Gasteiger charge is -2.47. The maximum atomic E-state index is 12.6. The van der Waals surface area contributed by atoms with Gasteiger partial charge in [-0.3, -0.25) is 9.69 Å². The Balaban J connectivity index is 1.51. The molecule has 8 heteroatoms. The summed E-state index contributed by atoms with van der Waals surface area (Å²) in [4.78, 5) is 23.6. The summed E-state index contributed by atoms with van der Waals surface area (Å²) in [5.74, 6) is 0.720. The topological polar surface area (TPSA) is 58.1 Å². The smallest absolute Gasteiger partial charge is 0.255 e. The molecular formula is C18H25ClN4O3. The minimum absolute atomic E-state index is 0.0333. The van der Waals surface area contributed by atoms with Gasteiger partial charge in [-0.15, -0.1) is 0 Å². The zero-order valence-electron chi connectivity index (χ0n) is 15.1. The SMILES string of the molecule is CN1CCN(c2ncc(C(=O)N3CCOCC3)cc2Cl)CC12CCOC2. The molecule has 3 aliphatic heterocycles. The maximum Gasteiger partial charge on any atom is 0.255 e. The molecule has 7 nitrogen and oxygen atoms in total. The lowest BCUT2D eigenvalue weighted by molar-refractivity contribution is 0.0302. The molecule has 26 heavy (non-hydrogen) atoms. The predicted octanol–water partition coefficient (Wildman–Crippen LogP) is 1.12. The molecule has 1 spiro atoms. The van der Waals surface area contributed by atoms with Gasteiger partial charge in [0.15, 0.2) is 0 Å². The minimum Gasteiger partial charge on any atom is -0.379 e. The number of likely N-dealkylation sites (N-methyl/N-ethyl adjacent to an activating group) is 1. The molecule has 0 saturated carbocycles. The molecule has 1 aromatic heterocycles. The van der Waals surface area contributed by atoms with Crippen LogP contribution in [0.2, 0.25) is 5.02 Å². The van der Waals surface area contributed by atoms with Crippen molar-refractivity contribution in [3.63, 3.8) is 0 Å². The van der Waals surface area contributed by atoms with Crippen molar-refractivity contribution in [2.75, 3.05) is 71.1 Å². The van der Waals surface area contributed by atoms with E-state index in [-0.39, 0.29) is 11.4 Å². The fraction of sp³-hybridized carbons (Fsp3) is 0.667. The van der Waals surface area contributed by atoms with Crippen LogP contribution in [-0.4, -0.2) is 92.4 Å². The van der Waals surface area contributed by atoms with Crippen LogP contribution in [0, 0.1) is 0 Å². The highest BCUT2D eigenvalue weighted by Crippen LogP contribution is 2.33. The summed E-state index contributed by atoms with van der Waals surface area (Å²) in [5, 5.41) is 0.530. The summed E-state index contributed by atoms with van der Waals surface area (Å²) in [6.07, 6.45) is 2.67. The first-order chi connectivity index (χ1) is 12.6. The number of aromatic nitrogens is 1. The van der Waals surface area contributed by atoms with Crippen molar-refractivity contribution < 1.29 is 14.3 Å². The van der Waals surface area contributed by atoms with Gasteiger partial charge in [0.1, 0.15) is 5.82 Å². The zero-order chi connectivity index (χ0) is 18.1. The second-order valence-electron chi connectivity index (χ2n) is 7.30. The lowest BCUT2D eigenvalue weighted by atomic mass is 9.93. The summed E-state index contributed by atoms with van der Waals surface area (Å²) in [6.45, 7) is 6.56. The first-order valence-electron chi connectivity index (χ1n) is 9.16. The number of amides is 1. The van der Waals surface area contributed by atoms with E-state index >= 15 is 0 Å². The van der Waals surface area contributed by atoms with E-state index in [0.29, 0.717) is 36.9 Å². The standard InChI is InChI=1S/C18H25ClN4O3/c1-21-3-4-23(12-18(21)2-7-26-13-18)16-15(19)10-14(11-20-16)17(24)22-5-8-25-9-6-22/h10-11H,2-9,12-13H2,1H3. The predicted molar refractivity (Wildman–Crippen MR) is 99.0 cm³/mol. The van der Waals surface area contributed by atoms with Gasteiger partial charge in [0.05, 0.1) is 35.9 Å². The van der Waals surface area contributed by atoms with Crippen LogP contribution in [0.1, 0.15) is 16.8 Å². The molecule has 0 aromatic carbocycles. The Morgan fingerprint density at radius 1 is 1.19 bits per heavy atom. The van der Waals surface area contributed by atoms with Crippen molar-refractivity contribution in [1.82, 2.24) is 14.8 Å². The second kappa shape index (κ2) is 7.31. The zero-order valence-corrected chi connectivity index (χ0v) is 15.9. The second-order valence-corrected chi connectivity index (χ2v) is 7.71. The van der Waals surface area contributed by atoms with Gasteiger partial charge in [-0.1, -0.05) is 11.6 Å². The molecule has 1 atom stereocenters. The third-order valence-corrected chi connectivity index (χ3v) is 6.03. The van der Waals surface area contributed by atoms with E-state index in [9.17, 15) is 4.79 Å². The van der Waals surface area contributed by atoms with E-state index in [0.717, 1.165) is 45.1 Å². The molecule has 0 N–H and O–H groups in total. The maximum absolute atomic E-state index is 12.6. The van der Waals surface area contributed by atoms with Crippen LogP contribution < -0.4 is 4.90 Å². The van der Waals surface area contributed by atoms with E-state index < -0.39 is 0 Å². The van der Waals surface area contributed by atoms with Crippen molar-refractivity contribution in [2.45, 2.75) is 12.0 Å². The third-order valence-electron chi connectivity index (χ3n) is 5.75. The molecule has 1 aromatic rings. The molecule has 4 heterocycles. The third kappa shape index (κ3) is 3.29. The van der Waals surface area contributed by atoms with E-state index in [1.54, 1.807) is 17.2 Å². The van der Waals surface area contributed by atoms with Crippen molar-refractivity contribution in [3.8, 4) is 0 Å². The number of morpholine rings is 1. The Morgan fingerprint density at radius 2 is 2.00 bits per heavy atom. The Morgan fingerprint density at radius 3 is 2.69 bits per heavy atom. The van der Waals surface area contributed by atoms with Gasteiger partial charge in [0.2, 0.25) is 0 Å². The summed E-state index contributed by atoms with van der Waals surface area (Å²) in [7, 11) is 2.16. The Labute approximate surface area is 158 Å². The minimum atomic E-state index is -0.0340. The van der Waals surface area contributed by atoms with E-state index in [1.165, 1.54) is 0 Å². The van der Waals surface area contributed by atoms with Gasteiger partial charge in [-0.2, -0.15) is 0 Å². The van der Waals surface area contributed by atoms with E-state index in [1.807, 2.05) is 0 Å². The van der Waals surface area contributed by atoms with Crippen LogP contribution in [0.4, 0.5) is 5.82 Å². The van der Waals surface area contributed by atoms with Gasteiger partial charge in [-0.05, 0) is 19.5 Å². The quantitative estimate of drug-likeness (QED) is 0.766. The number of ether oxygens (including phenoxy) is 2. The van der Waals surface area contributed by atoms with E-state index in [4.69, 9.17) is 21.1 Å². The monoisotopic (exact) mass is 380 g/mol. The number of hydrogen-bond donors (Lipinski definition) is 0. The summed E-state index contributed by atoms with van der Waals surface area (Å²) >= 11 is 6.53. The number of anilines is 1. The molecule has 3 fully saturated rings.